The van der Waals surface area contributed by atoms with Gasteiger partial charge in [-0.3, -0.25) is 4.79 Å². The molecule has 5 rings (SSSR count). The summed E-state index contributed by atoms with van der Waals surface area (Å²) >= 11 is 3.45. The summed E-state index contributed by atoms with van der Waals surface area (Å²) in [6.07, 6.45) is 7.14. The van der Waals surface area contributed by atoms with Crippen molar-refractivity contribution in [3.05, 3.63) is 92.4 Å². The molecule has 8 heteroatoms. The normalized spacial score (nSPS) is 14.2. The molecule has 0 atom stereocenters. The largest absolute Gasteiger partial charge is 0.493 e. The SMILES string of the molecule is COc1cc(C=Nn2c(C3CCCCC3)nc3ccccc3c2=O)cc(OC)c1OCc1ccc(Br)cc1. The Balaban J connectivity index is 1.50. The molecule has 0 spiro atoms. The molecule has 0 saturated heterocycles. The average molecular weight is 576 g/mol. The van der Waals surface area contributed by atoms with Gasteiger partial charge in [0.25, 0.3) is 5.56 Å². The van der Waals surface area contributed by atoms with Gasteiger partial charge in [-0.1, -0.05) is 59.5 Å². The molecule has 0 unspecified atom stereocenters. The van der Waals surface area contributed by atoms with Gasteiger partial charge in [-0.2, -0.15) is 9.78 Å². The van der Waals surface area contributed by atoms with Gasteiger partial charge >= 0.3 is 0 Å². The second kappa shape index (κ2) is 11.8. The van der Waals surface area contributed by atoms with Crippen LogP contribution in [-0.2, 0) is 6.61 Å². The van der Waals surface area contributed by atoms with Crippen molar-refractivity contribution in [2.75, 3.05) is 14.2 Å². The van der Waals surface area contributed by atoms with Crippen molar-refractivity contribution in [2.24, 2.45) is 5.10 Å². The van der Waals surface area contributed by atoms with E-state index in [9.17, 15) is 4.79 Å². The maximum absolute atomic E-state index is 13.5. The Morgan fingerprint density at radius 2 is 1.68 bits per heavy atom. The van der Waals surface area contributed by atoms with E-state index in [1.54, 1.807) is 26.5 Å². The highest BCUT2D eigenvalue weighted by molar-refractivity contribution is 9.10. The summed E-state index contributed by atoms with van der Waals surface area (Å²) in [7, 11) is 3.17. The van der Waals surface area contributed by atoms with E-state index in [1.807, 2.05) is 54.6 Å². The predicted molar refractivity (Wildman–Crippen MR) is 153 cm³/mol. The first kappa shape index (κ1) is 26.0. The van der Waals surface area contributed by atoms with E-state index in [0.29, 0.717) is 40.3 Å². The number of nitrogens with zero attached hydrogens (tertiary/aromatic N) is 3. The van der Waals surface area contributed by atoms with Crippen molar-refractivity contribution in [1.82, 2.24) is 9.66 Å². The maximum atomic E-state index is 13.5. The van der Waals surface area contributed by atoms with Crippen LogP contribution in [0.4, 0.5) is 0 Å². The van der Waals surface area contributed by atoms with Crippen LogP contribution >= 0.6 is 15.9 Å². The Hall–Kier alpha value is -3.65. The molecular formula is C30H30BrN3O4. The molecule has 4 aromatic rings. The van der Waals surface area contributed by atoms with Gasteiger partial charge in [0.05, 0.1) is 31.3 Å². The van der Waals surface area contributed by atoms with Crippen LogP contribution < -0.4 is 19.8 Å². The number of fused-ring (bicyclic) bond motifs is 1. The van der Waals surface area contributed by atoms with Crippen molar-refractivity contribution in [3.63, 3.8) is 0 Å². The number of aromatic nitrogens is 2. The Morgan fingerprint density at radius 1 is 1.00 bits per heavy atom. The van der Waals surface area contributed by atoms with E-state index in [2.05, 4.69) is 21.0 Å². The summed E-state index contributed by atoms with van der Waals surface area (Å²) < 4.78 is 19.8. The van der Waals surface area contributed by atoms with E-state index in [-0.39, 0.29) is 11.5 Å². The molecule has 0 aliphatic heterocycles. The van der Waals surface area contributed by atoms with Gasteiger partial charge in [0.15, 0.2) is 11.5 Å². The van der Waals surface area contributed by atoms with Crippen LogP contribution in [-0.4, -0.2) is 30.1 Å². The molecule has 3 aromatic carbocycles. The summed E-state index contributed by atoms with van der Waals surface area (Å²) in [4.78, 5) is 18.4. The highest BCUT2D eigenvalue weighted by atomic mass is 79.9. The lowest BCUT2D eigenvalue weighted by atomic mass is 9.88. The minimum absolute atomic E-state index is 0.166. The third kappa shape index (κ3) is 5.60. The van der Waals surface area contributed by atoms with Crippen LogP contribution in [0, 0.1) is 0 Å². The number of para-hydroxylation sites is 1. The molecule has 1 aliphatic rings. The van der Waals surface area contributed by atoms with E-state index in [1.165, 1.54) is 11.1 Å². The van der Waals surface area contributed by atoms with Crippen molar-refractivity contribution in [2.45, 2.75) is 44.6 Å². The molecule has 0 radical (unpaired) electrons. The van der Waals surface area contributed by atoms with Gasteiger partial charge in [0.2, 0.25) is 5.75 Å². The third-order valence-electron chi connectivity index (χ3n) is 6.85. The molecule has 0 bridgehead atoms. The zero-order chi connectivity index (χ0) is 26.5. The number of benzene rings is 3. The van der Waals surface area contributed by atoms with E-state index in [4.69, 9.17) is 19.2 Å². The van der Waals surface area contributed by atoms with Gasteiger partial charge in [0, 0.05) is 16.0 Å². The van der Waals surface area contributed by atoms with E-state index >= 15 is 0 Å². The summed E-state index contributed by atoms with van der Waals surface area (Å²) in [5.41, 5.74) is 2.27. The number of rotatable bonds is 8. The van der Waals surface area contributed by atoms with Gasteiger partial charge in [-0.15, -0.1) is 0 Å². The fraction of sp³-hybridized carbons (Fsp3) is 0.300. The fourth-order valence-electron chi connectivity index (χ4n) is 4.86. The second-order valence-corrected chi connectivity index (χ2v) is 10.3. The molecule has 0 N–H and O–H groups in total. The number of halogens is 1. The zero-order valence-electron chi connectivity index (χ0n) is 21.5. The fourth-order valence-corrected chi connectivity index (χ4v) is 5.12. The molecule has 1 aromatic heterocycles. The second-order valence-electron chi connectivity index (χ2n) is 9.35. The molecule has 38 heavy (non-hydrogen) atoms. The molecule has 1 saturated carbocycles. The van der Waals surface area contributed by atoms with Crippen LogP contribution in [0.15, 0.2) is 75.0 Å². The van der Waals surface area contributed by atoms with Crippen molar-refractivity contribution in [1.29, 1.82) is 0 Å². The topological polar surface area (TPSA) is 74.9 Å². The molecule has 196 valence electrons. The number of hydrogen-bond acceptors (Lipinski definition) is 6. The summed E-state index contributed by atoms with van der Waals surface area (Å²) in [5.74, 6) is 2.45. The lowest BCUT2D eigenvalue weighted by molar-refractivity contribution is 0.266. The zero-order valence-corrected chi connectivity index (χ0v) is 23.1. The average Bonchev–Trinajstić information content (AvgIpc) is 2.96. The van der Waals surface area contributed by atoms with Crippen molar-refractivity contribution in [3.8, 4) is 17.2 Å². The van der Waals surface area contributed by atoms with Gasteiger partial charge in [0.1, 0.15) is 12.4 Å². The van der Waals surface area contributed by atoms with Crippen LogP contribution in [0.1, 0.15) is 55.0 Å². The molecule has 7 nitrogen and oxygen atoms in total. The molecule has 1 aliphatic carbocycles. The van der Waals surface area contributed by atoms with Crippen LogP contribution in [0.2, 0.25) is 0 Å². The third-order valence-corrected chi connectivity index (χ3v) is 7.38. The first-order valence-electron chi connectivity index (χ1n) is 12.8. The van der Waals surface area contributed by atoms with Gasteiger partial charge < -0.3 is 14.2 Å². The Kier molecular flexibility index (Phi) is 8.08. The van der Waals surface area contributed by atoms with Crippen LogP contribution in [0.25, 0.3) is 10.9 Å². The summed E-state index contributed by atoms with van der Waals surface area (Å²) in [6, 6.07) is 19.0. The molecule has 1 fully saturated rings. The van der Waals surface area contributed by atoms with Crippen molar-refractivity contribution >= 4 is 33.0 Å². The first-order chi connectivity index (χ1) is 18.6. The lowest BCUT2D eigenvalue weighted by Crippen LogP contribution is -2.25. The van der Waals surface area contributed by atoms with Crippen LogP contribution in [0.5, 0.6) is 17.2 Å². The lowest BCUT2D eigenvalue weighted by Gasteiger charge is -2.22. The van der Waals surface area contributed by atoms with Gasteiger partial charge in [-0.05, 0) is 54.8 Å². The molecule has 1 heterocycles. The minimum atomic E-state index is -0.166. The quantitative estimate of drug-likeness (QED) is 0.219. The summed E-state index contributed by atoms with van der Waals surface area (Å²) in [5, 5.41) is 5.20. The van der Waals surface area contributed by atoms with E-state index < -0.39 is 0 Å². The smallest absolute Gasteiger partial charge is 0.282 e. The molecular weight excluding hydrogens is 546 g/mol. The predicted octanol–water partition coefficient (Wildman–Crippen LogP) is 6.69. The Labute approximate surface area is 230 Å². The highest BCUT2D eigenvalue weighted by Crippen LogP contribution is 2.39. The highest BCUT2D eigenvalue weighted by Gasteiger charge is 2.22. The standard InChI is InChI=1S/C30H30BrN3O4/c1-36-26-16-21(17-27(37-2)28(26)38-19-20-12-14-23(31)15-13-20)18-32-34-29(22-8-4-3-5-9-22)33-25-11-7-6-10-24(25)30(34)35/h6-7,10-18,22H,3-5,8-9,19H2,1-2H3. The number of hydrogen-bond donors (Lipinski definition) is 0. The first-order valence-corrected chi connectivity index (χ1v) is 13.6. The van der Waals surface area contributed by atoms with Crippen LogP contribution in [0.3, 0.4) is 0 Å². The monoisotopic (exact) mass is 575 g/mol. The molecule has 0 amide bonds. The summed E-state index contributed by atoms with van der Waals surface area (Å²) in [6.45, 7) is 0.357. The van der Waals surface area contributed by atoms with Crippen molar-refractivity contribution < 1.29 is 14.2 Å². The van der Waals surface area contributed by atoms with Gasteiger partial charge in [-0.25, -0.2) is 4.98 Å². The number of ether oxygens (including phenoxy) is 3. The Morgan fingerprint density at radius 3 is 2.37 bits per heavy atom. The van der Waals surface area contributed by atoms with E-state index in [0.717, 1.165) is 41.5 Å². The minimum Gasteiger partial charge on any atom is -0.493 e. The Bertz CT molecular complexity index is 1480. The maximum Gasteiger partial charge on any atom is 0.282 e. The number of methoxy groups -OCH3 is 2.